The molecule has 0 atom stereocenters. The van der Waals surface area contributed by atoms with Crippen LogP contribution in [-0.2, 0) is 9.59 Å². The average Bonchev–Trinajstić information content (AvgIpc) is 2.15. The molecule has 13 heavy (non-hydrogen) atoms. The van der Waals surface area contributed by atoms with Gasteiger partial charge in [-0.2, -0.15) is 5.48 Å². The Hall–Kier alpha value is -2.04. The molecule has 5 nitrogen and oxygen atoms in total. The van der Waals surface area contributed by atoms with E-state index < -0.39 is 11.9 Å². The molecular formula is C8H7NO4. The van der Waals surface area contributed by atoms with Gasteiger partial charge < -0.3 is 9.94 Å². The summed E-state index contributed by atoms with van der Waals surface area (Å²) in [7, 11) is 0. The number of hydroxylamine groups is 1. The van der Waals surface area contributed by atoms with Gasteiger partial charge >= 0.3 is 11.9 Å². The van der Waals surface area contributed by atoms with Crippen LogP contribution in [0.15, 0.2) is 30.3 Å². The standard InChI is InChI=1S/C8H7NO4/c10-7(8(11)12)9-13-6-4-2-1-3-5-6/h1-5H,(H,9,10)(H,11,12). The van der Waals surface area contributed by atoms with Gasteiger partial charge in [-0.25, -0.2) is 4.79 Å². The number of carboxylic acids is 1. The number of hydrogen-bond acceptors (Lipinski definition) is 3. The number of rotatable bonds is 2. The summed E-state index contributed by atoms with van der Waals surface area (Å²) in [6, 6.07) is 8.33. The third kappa shape index (κ3) is 2.82. The molecule has 68 valence electrons. The van der Waals surface area contributed by atoms with Crippen LogP contribution in [0.2, 0.25) is 0 Å². The zero-order valence-electron chi connectivity index (χ0n) is 6.56. The monoisotopic (exact) mass is 181 g/mol. The molecule has 0 aromatic heterocycles. The molecule has 0 saturated heterocycles. The molecule has 0 bridgehead atoms. The largest absolute Gasteiger partial charge is 0.474 e. The highest BCUT2D eigenvalue weighted by molar-refractivity contribution is 6.31. The molecule has 0 aliphatic rings. The summed E-state index contributed by atoms with van der Waals surface area (Å²) < 4.78 is 0. The van der Waals surface area contributed by atoms with Crippen molar-refractivity contribution >= 4 is 11.9 Å². The van der Waals surface area contributed by atoms with Crippen LogP contribution < -0.4 is 10.3 Å². The Bertz CT molecular complexity index is 309. The van der Waals surface area contributed by atoms with E-state index in [2.05, 4.69) is 4.84 Å². The van der Waals surface area contributed by atoms with Crippen molar-refractivity contribution in [1.29, 1.82) is 0 Å². The van der Waals surface area contributed by atoms with E-state index in [1.165, 1.54) is 0 Å². The molecule has 5 heteroatoms. The van der Waals surface area contributed by atoms with Gasteiger partial charge in [0.05, 0.1) is 0 Å². The van der Waals surface area contributed by atoms with E-state index in [1.54, 1.807) is 35.8 Å². The van der Waals surface area contributed by atoms with Gasteiger partial charge in [0.2, 0.25) is 0 Å². The zero-order valence-corrected chi connectivity index (χ0v) is 6.56. The second kappa shape index (κ2) is 4.10. The molecule has 0 radical (unpaired) electrons. The minimum absolute atomic E-state index is 0.372. The maximum absolute atomic E-state index is 10.5. The first-order valence-electron chi connectivity index (χ1n) is 3.45. The maximum Gasteiger partial charge on any atom is 0.397 e. The van der Waals surface area contributed by atoms with Crippen molar-refractivity contribution in [2.24, 2.45) is 0 Å². The second-order valence-corrected chi connectivity index (χ2v) is 2.15. The van der Waals surface area contributed by atoms with E-state index in [0.717, 1.165) is 0 Å². The van der Waals surface area contributed by atoms with Gasteiger partial charge in [-0.3, -0.25) is 4.79 Å². The number of carbonyl (C=O) groups excluding carboxylic acids is 1. The van der Waals surface area contributed by atoms with Gasteiger partial charge in [0.15, 0.2) is 5.75 Å². The number of nitrogens with one attached hydrogen (secondary N) is 1. The summed E-state index contributed by atoms with van der Waals surface area (Å²) in [5.74, 6) is -2.42. The van der Waals surface area contributed by atoms with Crippen molar-refractivity contribution in [2.75, 3.05) is 0 Å². The molecule has 1 aromatic carbocycles. The first kappa shape index (κ1) is 9.05. The molecule has 0 spiro atoms. The van der Waals surface area contributed by atoms with Crippen molar-refractivity contribution in [3.63, 3.8) is 0 Å². The van der Waals surface area contributed by atoms with E-state index >= 15 is 0 Å². The van der Waals surface area contributed by atoms with Gasteiger partial charge in [-0.1, -0.05) is 18.2 Å². The van der Waals surface area contributed by atoms with E-state index in [-0.39, 0.29) is 0 Å². The summed E-state index contributed by atoms with van der Waals surface area (Å²) in [4.78, 5) is 25.2. The molecule has 0 aliphatic heterocycles. The summed E-state index contributed by atoms with van der Waals surface area (Å²) >= 11 is 0. The summed E-state index contributed by atoms with van der Waals surface area (Å²) in [6.07, 6.45) is 0. The third-order valence-corrected chi connectivity index (χ3v) is 1.20. The molecular weight excluding hydrogens is 174 g/mol. The van der Waals surface area contributed by atoms with Crippen LogP contribution in [-0.4, -0.2) is 17.0 Å². The molecule has 0 aliphatic carbocycles. The number of carboxylic acid groups (broad SMARTS) is 1. The maximum atomic E-state index is 10.5. The van der Waals surface area contributed by atoms with Crippen LogP contribution in [0, 0.1) is 0 Å². The highest BCUT2D eigenvalue weighted by Gasteiger charge is 2.10. The molecule has 0 unspecified atom stereocenters. The van der Waals surface area contributed by atoms with Crippen LogP contribution in [0.3, 0.4) is 0 Å². The second-order valence-electron chi connectivity index (χ2n) is 2.15. The Morgan fingerprint density at radius 3 is 2.38 bits per heavy atom. The Morgan fingerprint density at radius 1 is 1.23 bits per heavy atom. The zero-order chi connectivity index (χ0) is 9.68. The number of hydrogen-bond donors (Lipinski definition) is 2. The average molecular weight is 181 g/mol. The third-order valence-electron chi connectivity index (χ3n) is 1.20. The predicted molar refractivity (Wildman–Crippen MR) is 42.8 cm³/mol. The van der Waals surface area contributed by atoms with E-state index in [1.807, 2.05) is 0 Å². The van der Waals surface area contributed by atoms with Crippen molar-refractivity contribution in [3.8, 4) is 5.75 Å². The van der Waals surface area contributed by atoms with Crippen molar-refractivity contribution in [2.45, 2.75) is 0 Å². The van der Waals surface area contributed by atoms with Crippen molar-refractivity contribution in [3.05, 3.63) is 30.3 Å². The highest BCUT2D eigenvalue weighted by Crippen LogP contribution is 2.05. The van der Waals surface area contributed by atoms with Crippen LogP contribution in [0.5, 0.6) is 5.75 Å². The topological polar surface area (TPSA) is 75.6 Å². The van der Waals surface area contributed by atoms with E-state index in [0.29, 0.717) is 5.75 Å². The van der Waals surface area contributed by atoms with Gasteiger partial charge in [-0.15, -0.1) is 0 Å². The number of para-hydroxylation sites is 1. The lowest BCUT2D eigenvalue weighted by Crippen LogP contribution is -2.33. The summed E-state index contributed by atoms with van der Waals surface area (Å²) in [5, 5.41) is 8.17. The fourth-order valence-corrected chi connectivity index (χ4v) is 0.637. The lowest BCUT2D eigenvalue weighted by molar-refractivity contribution is -0.153. The van der Waals surface area contributed by atoms with Gasteiger partial charge in [0, 0.05) is 0 Å². The van der Waals surface area contributed by atoms with Crippen LogP contribution in [0.25, 0.3) is 0 Å². The van der Waals surface area contributed by atoms with Crippen molar-refractivity contribution in [1.82, 2.24) is 5.48 Å². The Kier molecular flexibility index (Phi) is 2.86. The highest BCUT2D eigenvalue weighted by atomic mass is 16.7. The lowest BCUT2D eigenvalue weighted by atomic mass is 10.3. The van der Waals surface area contributed by atoms with Gasteiger partial charge in [0.25, 0.3) is 0 Å². The van der Waals surface area contributed by atoms with Crippen LogP contribution in [0.1, 0.15) is 0 Å². The smallest absolute Gasteiger partial charge is 0.397 e. The van der Waals surface area contributed by atoms with E-state index in [9.17, 15) is 9.59 Å². The summed E-state index contributed by atoms with van der Waals surface area (Å²) in [6.45, 7) is 0. The van der Waals surface area contributed by atoms with Crippen LogP contribution in [0.4, 0.5) is 0 Å². The Balaban J connectivity index is 2.44. The van der Waals surface area contributed by atoms with Crippen LogP contribution >= 0.6 is 0 Å². The predicted octanol–water partition coefficient (Wildman–Crippen LogP) is 0.181. The fraction of sp³-hybridized carbons (Fsp3) is 0. The Labute approximate surface area is 73.9 Å². The number of aliphatic carboxylic acids is 1. The molecule has 0 fully saturated rings. The Morgan fingerprint density at radius 2 is 1.85 bits per heavy atom. The number of amides is 1. The summed E-state index contributed by atoms with van der Waals surface area (Å²) in [5.41, 5.74) is 1.76. The first-order chi connectivity index (χ1) is 6.20. The molecule has 1 amide bonds. The van der Waals surface area contributed by atoms with Crippen molar-refractivity contribution < 1.29 is 19.5 Å². The lowest BCUT2D eigenvalue weighted by Gasteiger charge is -2.02. The fourth-order valence-electron chi connectivity index (χ4n) is 0.637. The minimum Gasteiger partial charge on any atom is -0.474 e. The molecule has 0 heterocycles. The number of carbonyl (C=O) groups is 2. The minimum atomic E-state index is -1.59. The molecule has 0 saturated carbocycles. The quantitative estimate of drug-likeness (QED) is 0.504. The normalized spacial score (nSPS) is 8.92. The molecule has 1 rings (SSSR count). The first-order valence-corrected chi connectivity index (χ1v) is 3.45. The van der Waals surface area contributed by atoms with Gasteiger partial charge in [0.1, 0.15) is 0 Å². The molecule has 2 N–H and O–H groups in total. The number of benzene rings is 1. The SMILES string of the molecule is O=C(O)C(=O)NOc1ccccc1. The molecule has 1 aromatic rings. The van der Waals surface area contributed by atoms with Gasteiger partial charge in [-0.05, 0) is 12.1 Å². The van der Waals surface area contributed by atoms with E-state index in [4.69, 9.17) is 5.11 Å².